The first-order valence-corrected chi connectivity index (χ1v) is 24.8. The molecule has 4 saturated carbocycles. The fraction of sp³-hybridized carbons (Fsp3) is 0.536. The standard InChI is InChI=1S/C28H33F2NO4.C28H33F2NO2/c1-27-11-10-21-20-7-5-19(32)13-17(20)3-6-22(21)26(27)18(14-28(27,29)30)4-9-25(35)31-15-16-2-8-23(33)24(34)12-16;1-27-14-13-23-22-11-9-21(32)15-19(22)7-10-24(23)26(27)20(16-28(27,29)30)8-12-25(33)31-17-18-5-3-2-4-6-18/h2,5,7-8,12-13,18,21-22,26,32-34H,3-4,6,9-11,14-15H2,1H3,(H,31,35);2-6,9,11,15,20,23-24,26,32H,7-8,10,12-14,16-17H2,1H3,(H,31,33)/t18-,21-,22-,26+,27+;20-,23-,24-,26+,27+/m11/s1. The molecule has 4 fully saturated rings. The van der Waals surface area contributed by atoms with E-state index in [9.17, 15) is 30.0 Å². The molecule has 4 aromatic carbocycles. The second kappa shape index (κ2) is 18.6. The summed E-state index contributed by atoms with van der Waals surface area (Å²) in [5.41, 5.74) is 4.38. The lowest BCUT2D eigenvalue weighted by Gasteiger charge is -2.51. The number of phenolic OH excluding ortho intramolecular Hbond substituents is 4. The number of aromatic hydroxyl groups is 4. The van der Waals surface area contributed by atoms with Crippen LogP contribution in [0.2, 0.25) is 0 Å². The number of amides is 2. The van der Waals surface area contributed by atoms with E-state index < -0.39 is 22.7 Å². The second-order valence-electron chi connectivity index (χ2n) is 21.6. The molecule has 12 heteroatoms. The Morgan fingerprint density at radius 2 is 1.04 bits per heavy atom. The summed E-state index contributed by atoms with van der Waals surface area (Å²) in [6.45, 7) is 4.23. The maximum Gasteiger partial charge on any atom is 0.253 e. The van der Waals surface area contributed by atoms with Crippen LogP contribution in [0.25, 0.3) is 0 Å². The molecule has 0 spiro atoms. The highest BCUT2D eigenvalue weighted by Gasteiger charge is 2.68. The summed E-state index contributed by atoms with van der Waals surface area (Å²) >= 11 is 0. The molecule has 0 heterocycles. The minimum atomic E-state index is -2.75. The van der Waals surface area contributed by atoms with E-state index in [1.54, 1.807) is 32.0 Å². The van der Waals surface area contributed by atoms with Crippen LogP contribution in [-0.4, -0.2) is 44.1 Å². The average Bonchev–Trinajstić information content (AvgIpc) is 3.66. The Hall–Kier alpha value is -5.26. The highest BCUT2D eigenvalue weighted by molar-refractivity contribution is 5.76. The lowest BCUT2D eigenvalue weighted by Crippen LogP contribution is -2.47. The van der Waals surface area contributed by atoms with Gasteiger partial charge in [-0.1, -0.05) is 62.4 Å². The van der Waals surface area contributed by atoms with Gasteiger partial charge in [-0.3, -0.25) is 9.59 Å². The van der Waals surface area contributed by atoms with Gasteiger partial charge in [0.25, 0.3) is 11.8 Å². The number of hydrogen-bond donors (Lipinski definition) is 6. The predicted octanol–water partition coefficient (Wildman–Crippen LogP) is 11.8. The molecule has 0 bridgehead atoms. The molecule has 6 aliphatic rings. The Morgan fingerprint density at radius 3 is 1.51 bits per heavy atom. The van der Waals surface area contributed by atoms with Crippen LogP contribution in [0.3, 0.4) is 0 Å². The van der Waals surface area contributed by atoms with Crippen LogP contribution in [-0.2, 0) is 35.5 Å². The Kier molecular flexibility index (Phi) is 13.1. The van der Waals surface area contributed by atoms with Crippen LogP contribution < -0.4 is 10.6 Å². The topological polar surface area (TPSA) is 139 Å². The Morgan fingerprint density at radius 1 is 0.574 bits per heavy atom. The van der Waals surface area contributed by atoms with E-state index >= 15 is 17.6 Å². The zero-order valence-electron chi connectivity index (χ0n) is 39.1. The van der Waals surface area contributed by atoms with Gasteiger partial charge in [0, 0.05) is 49.6 Å². The highest BCUT2D eigenvalue weighted by atomic mass is 19.3. The van der Waals surface area contributed by atoms with Crippen molar-refractivity contribution in [3.63, 3.8) is 0 Å². The molecule has 6 aliphatic carbocycles. The predicted molar refractivity (Wildman–Crippen MR) is 251 cm³/mol. The van der Waals surface area contributed by atoms with E-state index in [1.807, 2.05) is 54.6 Å². The van der Waals surface area contributed by atoms with E-state index in [1.165, 1.54) is 28.8 Å². The quantitative estimate of drug-likeness (QED) is 0.0691. The normalized spacial score (nSPS) is 31.3. The van der Waals surface area contributed by atoms with Crippen molar-refractivity contribution in [1.29, 1.82) is 0 Å². The molecule has 8 nitrogen and oxygen atoms in total. The van der Waals surface area contributed by atoms with Gasteiger partial charge in [-0.05, 0) is 181 Å². The van der Waals surface area contributed by atoms with Crippen molar-refractivity contribution in [2.75, 3.05) is 0 Å². The molecule has 10 rings (SSSR count). The molecule has 0 aromatic heterocycles. The SMILES string of the molecule is C[C@]12CC[C@@H]3c4ccc(O)cc4CC[C@H]3[C@@H]1[C@H](CCC(=O)NCc1ccc(O)c(O)c1)CC2(F)F.C[C@]12CC[C@@H]3c4ccc(O)cc4CC[C@H]3[C@@H]1[C@H](CCC(=O)NCc1ccccc1)CC2(F)F. The van der Waals surface area contributed by atoms with Crippen molar-refractivity contribution in [2.45, 2.75) is 141 Å². The maximum atomic E-state index is 15.4. The fourth-order valence-corrected chi connectivity index (χ4v) is 14.7. The van der Waals surface area contributed by atoms with Crippen LogP contribution in [0, 0.1) is 46.3 Å². The zero-order chi connectivity index (χ0) is 48.2. The van der Waals surface area contributed by atoms with E-state index in [2.05, 4.69) is 10.6 Å². The first-order valence-electron chi connectivity index (χ1n) is 24.8. The molecule has 0 aliphatic heterocycles. The third kappa shape index (κ3) is 8.94. The van der Waals surface area contributed by atoms with Crippen LogP contribution in [0.4, 0.5) is 17.6 Å². The lowest BCUT2D eigenvalue weighted by molar-refractivity contribution is -0.133. The molecule has 0 radical (unpaired) electrons. The Balaban J connectivity index is 0.000000170. The van der Waals surface area contributed by atoms with Crippen molar-refractivity contribution in [3.05, 3.63) is 118 Å². The van der Waals surface area contributed by atoms with Gasteiger partial charge in [-0.2, -0.15) is 0 Å². The monoisotopic (exact) mass is 938 g/mol. The minimum absolute atomic E-state index is 0.0624. The summed E-state index contributed by atoms with van der Waals surface area (Å²) in [6.07, 6.45) is 6.97. The number of fused-ring (bicyclic) bond motifs is 10. The molecule has 4 aromatic rings. The lowest BCUT2D eigenvalue weighted by atomic mass is 9.53. The maximum absolute atomic E-state index is 15.4. The first kappa shape index (κ1) is 47.8. The molecule has 68 heavy (non-hydrogen) atoms. The first-order chi connectivity index (χ1) is 32.4. The van der Waals surface area contributed by atoms with Crippen LogP contribution >= 0.6 is 0 Å². The Bertz CT molecular complexity index is 2500. The number of benzene rings is 4. The molecular weight excluding hydrogens is 873 g/mol. The number of phenols is 4. The van der Waals surface area contributed by atoms with Crippen LogP contribution in [0.5, 0.6) is 23.0 Å². The number of rotatable bonds is 10. The largest absolute Gasteiger partial charge is 0.508 e. The molecule has 0 saturated heterocycles. The summed E-state index contributed by atoms with van der Waals surface area (Å²) in [6, 6.07) is 25.2. The van der Waals surface area contributed by atoms with Gasteiger partial charge in [-0.25, -0.2) is 17.6 Å². The zero-order valence-corrected chi connectivity index (χ0v) is 39.1. The van der Waals surface area contributed by atoms with Gasteiger partial charge in [-0.15, -0.1) is 0 Å². The second-order valence-corrected chi connectivity index (χ2v) is 21.6. The minimum Gasteiger partial charge on any atom is -0.508 e. The molecule has 10 atom stereocenters. The van der Waals surface area contributed by atoms with Gasteiger partial charge >= 0.3 is 0 Å². The van der Waals surface area contributed by atoms with E-state index in [-0.39, 0.29) is 108 Å². The summed E-state index contributed by atoms with van der Waals surface area (Å²) in [5, 5.41) is 44.6. The molecule has 2 amide bonds. The summed E-state index contributed by atoms with van der Waals surface area (Å²) in [5.74, 6) is -5.34. The summed E-state index contributed by atoms with van der Waals surface area (Å²) in [7, 11) is 0. The van der Waals surface area contributed by atoms with E-state index in [0.717, 1.165) is 49.7 Å². The molecular formula is C56H66F4N2O6. The third-order valence-electron chi connectivity index (χ3n) is 18.0. The van der Waals surface area contributed by atoms with Crippen molar-refractivity contribution in [2.24, 2.45) is 46.3 Å². The smallest absolute Gasteiger partial charge is 0.253 e. The Labute approximate surface area is 397 Å². The van der Waals surface area contributed by atoms with Gasteiger partial charge < -0.3 is 31.1 Å². The van der Waals surface area contributed by atoms with Crippen LogP contribution in [0.15, 0.2) is 84.9 Å². The number of alkyl halides is 4. The highest BCUT2D eigenvalue weighted by Crippen LogP contribution is 2.70. The molecule has 364 valence electrons. The van der Waals surface area contributed by atoms with Gasteiger partial charge in [0.15, 0.2) is 11.5 Å². The van der Waals surface area contributed by atoms with Gasteiger partial charge in [0.1, 0.15) is 11.5 Å². The number of carbonyl (C=O) groups is 2. The van der Waals surface area contributed by atoms with Crippen molar-refractivity contribution in [1.82, 2.24) is 10.6 Å². The van der Waals surface area contributed by atoms with Crippen molar-refractivity contribution in [3.8, 4) is 23.0 Å². The summed E-state index contributed by atoms with van der Waals surface area (Å²) < 4.78 is 61.6. The number of halogens is 4. The van der Waals surface area contributed by atoms with Crippen molar-refractivity contribution >= 4 is 11.8 Å². The molecule has 0 unspecified atom stereocenters. The van der Waals surface area contributed by atoms with Crippen molar-refractivity contribution < 1.29 is 47.6 Å². The number of aryl methyl sites for hydroxylation is 2. The summed E-state index contributed by atoms with van der Waals surface area (Å²) in [4.78, 5) is 25.1. The fourth-order valence-electron chi connectivity index (χ4n) is 14.7. The van der Waals surface area contributed by atoms with E-state index in [0.29, 0.717) is 44.2 Å². The number of nitrogens with one attached hydrogen (secondary N) is 2. The molecule has 6 N–H and O–H groups in total. The third-order valence-corrected chi connectivity index (χ3v) is 18.0. The number of carbonyl (C=O) groups excluding carboxylic acids is 2. The van der Waals surface area contributed by atoms with Crippen LogP contribution in [0.1, 0.15) is 136 Å². The van der Waals surface area contributed by atoms with E-state index in [4.69, 9.17) is 0 Å². The number of hydrogen-bond acceptors (Lipinski definition) is 6. The van der Waals surface area contributed by atoms with Gasteiger partial charge in [0.2, 0.25) is 11.8 Å². The average molecular weight is 939 g/mol. The van der Waals surface area contributed by atoms with Gasteiger partial charge in [0.05, 0.1) is 0 Å².